The van der Waals surface area contributed by atoms with E-state index in [4.69, 9.17) is 15.0 Å². The van der Waals surface area contributed by atoms with Crippen LogP contribution in [0.2, 0.25) is 0 Å². The first-order valence-electron chi connectivity index (χ1n) is 3.16. The molecule has 0 amide bonds. The van der Waals surface area contributed by atoms with Crippen LogP contribution in [0, 0.1) is 0 Å². The molecule has 3 nitrogen and oxygen atoms in total. The van der Waals surface area contributed by atoms with E-state index in [0.29, 0.717) is 5.75 Å². The summed E-state index contributed by atoms with van der Waals surface area (Å²) in [7, 11) is 0. The van der Waals surface area contributed by atoms with E-state index in [1.54, 1.807) is 24.3 Å². The summed E-state index contributed by atoms with van der Waals surface area (Å²) in [5.41, 5.74) is 0. The van der Waals surface area contributed by atoms with E-state index in [1.165, 1.54) is 0 Å². The third kappa shape index (κ3) is 7.08. The van der Waals surface area contributed by atoms with Crippen molar-refractivity contribution in [2.24, 2.45) is 0 Å². The van der Waals surface area contributed by atoms with Gasteiger partial charge in [-0.15, -0.1) is 0 Å². The van der Waals surface area contributed by atoms with Gasteiger partial charge in [-0.3, -0.25) is 4.79 Å². The number of phenols is 1. The zero-order valence-electron chi connectivity index (χ0n) is 6.49. The number of phenolic OH excluding ortho intramolecular Hbond substituents is 1. The van der Waals surface area contributed by atoms with E-state index in [9.17, 15) is 0 Å². The van der Waals surface area contributed by atoms with Crippen LogP contribution in [0.1, 0.15) is 6.92 Å². The first-order valence-corrected chi connectivity index (χ1v) is 3.95. The molecule has 1 aromatic rings. The van der Waals surface area contributed by atoms with Gasteiger partial charge >= 0.3 is 0 Å². The van der Waals surface area contributed by atoms with Crippen LogP contribution in [-0.4, -0.2) is 16.2 Å². The van der Waals surface area contributed by atoms with E-state index >= 15 is 0 Å². The molecule has 0 aromatic heterocycles. The second kappa shape index (κ2) is 5.60. The minimum Gasteiger partial charge on any atom is -0.508 e. The van der Waals surface area contributed by atoms with Crippen LogP contribution < -0.4 is 0 Å². The number of rotatable bonds is 0. The smallest absolute Gasteiger partial charge is 0.300 e. The lowest BCUT2D eigenvalue weighted by molar-refractivity contribution is -0.134. The number of hydrogen-bond donors (Lipinski definition) is 2. The van der Waals surface area contributed by atoms with Crippen molar-refractivity contribution in [3.8, 4) is 5.75 Å². The number of aliphatic carboxylic acids is 1. The molecule has 0 aliphatic carbocycles. The van der Waals surface area contributed by atoms with Gasteiger partial charge in [0.1, 0.15) is 5.75 Å². The van der Waals surface area contributed by atoms with Gasteiger partial charge in [0.25, 0.3) is 5.97 Å². The van der Waals surface area contributed by atoms with E-state index in [-0.39, 0.29) is 0 Å². The van der Waals surface area contributed by atoms with Crippen molar-refractivity contribution in [1.29, 1.82) is 0 Å². The van der Waals surface area contributed by atoms with Crippen LogP contribution >= 0.6 is 15.9 Å². The molecule has 2 N–H and O–H groups in total. The van der Waals surface area contributed by atoms with E-state index in [0.717, 1.165) is 11.4 Å². The van der Waals surface area contributed by atoms with Crippen LogP contribution in [-0.2, 0) is 4.79 Å². The fraction of sp³-hybridized carbons (Fsp3) is 0.125. The minimum absolute atomic E-state index is 0.299. The molecule has 12 heavy (non-hydrogen) atoms. The fourth-order valence-electron chi connectivity index (χ4n) is 0.441. The van der Waals surface area contributed by atoms with Gasteiger partial charge in [-0.1, -0.05) is 15.9 Å². The Labute approximate surface area is 78.8 Å². The van der Waals surface area contributed by atoms with Gasteiger partial charge in [-0.25, -0.2) is 0 Å². The Bertz CT molecular complexity index is 218. The number of carbonyl (C=O) groups is 1. The molecule has 0 fully saturated rings. The standard InChI is InChI=1S/C6H5BrO.C2H4O2/c7-5-1-3-6(8)4-2-5;1-2(3)4/h1-4,8H;1H3,(H,3,4). The second-order valence-electron chi connectivity index (χ2n) is 2.00. The predicted octanol–water partition coefficient (Wildman–Crippen LogP) is 2.25. The van der Waals surface area contributed by atoms with Gasteiger partial charge in [0.15, 0.2) is 0 Å². The summed E-state index contributed by atoms with van der Waals surface area (Å²) in [6.07, 6.45) is 0. The Balaban J connectivity index is 0.000000261. The van der Waals surface area contributed by atoms with E-state index < -0.39 is 5.97 Å². The molecule has 0 heterocycles. The number of hydrogen-bond acceptors (Lipinski definition) is 2. The molecule has 0 bridgehead atoms. The summed E-state index contributed by atoms with van der Waals surface area (Å²) < 4.78 is 0.982. The highest BCUT2D eigenvalue weighted by atomic mass is 79.9. The van der Waals surface area contributed by atoms with Crippen LogP contribution in [0.15, 0.2) is 28.7 Å². The second-order valence-corrected chi connectivity index (χ2v) is 2.91. The van der Waals surface area contributed by atoms with Crippen LogP contribution in [0.25, 0.3) is 0 Å². The summed E-state index contributed by atoms with van der Waals surface area (Å²) in [6, 6.07) is 6.83. The van der Waals surface area contributed by atoms with Crippen molar-refractivity contribution < 1.29 is 15.0 Å². The maximum absolute atomic E-state index is 9.00. The molecule has 1 aromatic carbocycles. The average molecular weight is 233 g/mol. The van der Waals surface area contributed by atoms with E-state index in [1.807, 2.05) is 0 Å². The van der Waals surface area contributed by atoms with Crippen LogP contribution in [0.3, 0.4) is 0 Å². The number of carboxylic acids is 1. The maximum Gasteiger partial charge on any atom is 0.300 e. The highest BCUT2D eigenvalue weighted by Crippen LogP contribution is 2.13. The Morgan fingerprint density at radius 3 is 1.92 bits per heavy atom. The summed E-state index contributed by atoms with van der Waals surface area (Å²) in [6.45, 7) is 1.08. The Morgan fingerprint density at radius 1 is 1.33 bits per heavy atom. The lowest BCUT2D eigenvalue weighted by Gasteiger charge is -1.87. The van der Waals surface area contributed by atoms with Gasteiger partial charge in [0.05, 0.1) is 0 Å². The molecular weight excluding hydrogens is 224 g/mol. The Hall–Kier alpha value is -1.03. The predicted molar refractivity (Wildman–Crippen MR) is 49.1 cm³/mol. The number of carboxylic acid groups (broad SMARTS) is 1. The molecule has 4 heteroatoms. The molecule has 66 valence electrons. The normalized spacial score (nSPS) is 8.17. The third-order valence-electron chi connectivity index (χ3n) is 0.827. The van der Waals surface area contributed by atoms with Gasteiger partial charge in [-0.05, 0) is 24.3 Å². The lowest BCUT2D eigenvalue weighted by Crippen LogP contribution is -1.78. The van der Waals surface area contributed by atoms with Crippen molar-refractivity contribution in [3.63, 3.8) is 0 Å². The molecule has 1 rings (SSSR count). The summed E-state index contributed by atoms with van der Waals surface area (Å²) in [5, 5.41) is 16.2. The van der Waals surface area contributed by atoms with Crippen molar-refractivity contribution >= 4 is 21.9 Å². The Kier molecular flexibility index (Phi) is 5.12. The largest absolute Gasteiger partial charge is 0.508 e. The SMILES string of the molecule is CC(=O)O.Oc1ccc(Br)cc1. The molecule has 0 unspecified atom stereocenters. The zero-order chi connectivity index (χ0) is 9.56. The maximum atomic E-state index is 9.00. The molecule has 0 atom stereocenters. The fourth-order valence-corrected chi connectivity index (χ4v) is 0.705. The molecule has 0 aliphatic rings. The van der Waals surface area contributed by atoms with Gasteiger partial charge in [0, 0.05) is 11.4 Å². The Morgan fingerprint density at radius 2 is 1.67 bits per heavy atom. The highest BCUT2D eigenvalue weighted by Gasteiger charge is 1.83. The van der Waals surface area contributed by atoms with Crippen molar-refractivity contribution in [3.05, 3.63) is 28.7 Å². The summed E-state index contributed by atoms with van der Waals surface area (Å²) >= 11 is 3.23. The van der Waals surface area contributed by atoms with Crippen LogP contribution in [0.4, 0.5) is 0 Å². The first-order chi connectivity index (χ1) is 5.52. The van der Waals surface area contributed by atoms with Gasteiger partial charge in [-0.2, -0.15) is 0 Å². The summed E-state index contributed by atoms with van der Waals surface area (Å²) in [5.74, 6) is -0.534. The van der Waals surface area contributed by atoms with Crippen LogP contribution in [0.5, 0.6) is 5.75 Å². The number of halogens is 1. The molecule has 0 aliphatic heterocycles. The van der Waals surface area contributed by atoms with Gasteiger partial charge < -0.3 is 10.2 Å². The van der Waals surface area contributed by atoms with E-state index in [2.05, 4.69) is 15.9 Å². The quantitative estimate of drug-likeness (QED) is 0.722. The van der Waals surface area contributed by atoms with Crippen molar-refractivity contribution in [2.45, 2.75) is 6.92 Å². The summed E-state index contributed by atoms with van der Waals surface area (Å²) in [4.78, 5) is 9.00. The molecule has 0 spiro atoms. The van der Waals surface area contributed by atoms with Crippen molar-refractivity contribution in [1.82, 2.24) is 0 Å². The first kappa shape index (κ1) is 11.0. The average Bonchev–Trinajstić information content (AvgIpc) is 1.94. The number of benzene rings is 1. The monoisotopic (exact) mass is 232 g/mol. The molecule has 0 saturated heterocycles. The van der Waals surface area contributed by atoms with Gasteiger partial charge in [0.2, 0.25) is 0 Å². The topological polar surface area (TPSA) is 57.5 Å². The van der Waals surface area contributed by atoms with Crippen molar-refractivity contribution in [2.75, 3.05) is 0 Å². The molecule has 0 radical (unpaired) electrons. The zero-order valence-corrected chi connectivity index (χ0v) is 8.08. The third-order valence-corrected chi connectivity index (χ3v) is 1.36. The minimum atomic E-state index is -0.833. The lowest BCUT2D eigenvalue weighted by atomic mass is 10.3. The molecular formula is C8H9BrO3. The number of aromatic hydroxyl groups is 1. The highest BCUT2D eigenvalue weighted by molar-refractivity contribution is 9.10. The molecule has 0 saturated carbocycles.